The second-order valence-electron chi connectivity index (χ2n) is 7.02. The first-order valence-electron chi connectivity index (χ1n) is 9.07. The van der Waals surface area contributed by atoms with Crippen molar-refractivity contribution in [3.63, 3.8) is 0 Å². The molecule has 0 spiro atoms. The maximum absolute atomic E-state index is 14.2. The molecule has 1 amide bonds. The van der Waals surface area contributed by atoms with Gasteiger partial charge in [0.15, 0.2) is 17.4 Å². The number of phenolic OH excluding ortho intramolecular Hbond substituents is 1. The van der Waals surface area contributed by atoms with Crippen molar-refractivity contribution in [1.29, 1.82) is 0 Å². The summed E-state index contributed by atoms with van der Waals surface area (Å²) in [5.74, 6) is -5.78. The van der Waals surface area contributed by atoms with Crippen LogP contribution in [0.1, 0.15) is 39.8 Å². The first kappa shape index (κ1) is 19.4. The minimum Gasteiger partial charge on any atom is -0.503 e. The number of thiazole rings is 1. The molecule has 8 heteroatoms. The molecule has 2 aromatic carbocycles. The molecule has 3 aromatic rings. The predicted octanol–water partition coefficient (Wildman–Crippen LogP) is 5.12. The third-order valence-electron chi connectivity index (χ3n) is 4.90. The van der Waals surface area contributed by atoms with Gasteiger partial charge in [-0.1, -0.05) is 30.3 Å². The Balaban J connectivity index is 1.64. The summed E-state index contributed by atoms with van der Waals surface area (Å²) >= 11 is 0.864. The summed E-state index contributed by atoms with van der Waals surface area (Å²) in [6, 6.07) is 10.1. The van der Waals surface area contributed by atoms with Gasteiger partial charge in [0.2, 0.25) is 5.82 Å². The number of aromatic hydroxyl groups is 1. The molecule has 1 aliphatic carbocycles. The SMILES string of the molecule is Cc1nc(-c2cc(F)c(F)c(O)c2F)sc1C(=O)NC(c1ccccc1)C1CC1. The number of carbonyl (C=O) groups excluding carboxylic acids is 1. The maximum atomic E-state index is 14.2. The minimum absolute atomic E-state index is 0.0120. The molecule has 0 bridgehead atoms. The van der Waals surface area contributed by atoms with Gasteiger partial charge in [0, 0.05) is 0 Å². The molecule has 1 aliphatic rings. The monoisotopic (exact) mass is 418 g/mol. The van der Waals surface area contributed by atoms with Crippen LogP contribution in [0.4, 0.5) is 13.2 Å². The summed E-state index contributed by atoms with van der Waals surface area (Å²) in [5.41, 5.74) is 0.950. The lowest BCUT2D eigenvalue weighted by Gasteiger charge is -2.18. The van der Waals surface area contributed by atoms with Gasteiger partial charge in [-0.15, -0.1) is 11.3 Å². The lowest BCUT2D eigenvalue weighted by atomic mass is 10.0. The molecule has 1 aromatic heterocycles. The number of phenols is 1. The molecular formula is C21H17F3N2O2S. The fourth-order valence-electron chi connectivity index (χ4n) is 3.24. The molecule has 0 radical (unpaired) electrons. The summed E-state index contributed by atoms with van der Waals surface area (Å²) in [6.45, 7) is 1.58. The van der Waals surface area contributed by atoms with Crippen molar-refractivity contribution in [3.05, 3.63) is 70.0 Å². The van der Waals surface area contributed by atoms with E-state index in [2.05, 4.69) is 10.3 Å². The average Bonchev–Trinajstić information content (AvgIpc) is 3.49. The quantitative estimate of drug-likeness (QED) is 0.565. The molecule has 1 saturated carbocycles. The highest BCUT2D eigenvalue weighted by atomic mass is 32.1. The van der Waals surface area contributed by atoms with Gasteiger partial charge in [-0.2, -0.15) is 4.39 Å². The van der Waals surface area contributed by atoms with Gasteiger partial charge < -0.3 is 10.4 Å². The fourth-order valence-corrected chi connectivity index (χ4v) is 4.22. The van der Waals surface area contributed by atoms with Crippen molar-refractivity contribution in [3.8, 4) is 16.3 Å². The Morgan fingerprint density at radius 3 is 2.55 bits per heavy atom. The Morgan fingerprint density at radius 1 is 1.21 bits per heavy atom. The highest BCUT2D eigenvalue weighted by molar-refractivity contribution is 7.17. The standard InChI is InChI=1S/C21H17F3N2O2S/c1-10-19(20(28)26-17(12-7-8-12)11-5-3-2-4-6-11)29-21(25-10)13-9-14(22)16(24)18(27)15(13)23/h2-6,9,12,17,27H,7-8H2,1H3,(H,26,28). The van der Waals surface area contributed by atoms with Crippen LogP contribution in [0, 0.1) is 30.3 Å². The second-order valence-corrected chi connectivity index (χ2v) is 8.01. The van der Waals surface area contributed by atoms with Crippen LogP contribution in [0.15, 0.2) is 36.4 Å². The number of aryl methyl sites for hydroxylation is 1. The number of hydrogen-bond acceptors (Lipinski definition) is 4. The minimum atomic E-state index is -1.66. The fraction of sp³-hybridized carbons (Fsp3) is 0.238. The number of aromatic nitrogens is 1. The summed E-state index contributed by atoms with van der Waals surface area (Å²) in [7, 11) is 0. The third kappa shape index (κ3) is 3.72. The third-order valence-corrected chi connectivity index (χ3v) is 6.09. The zero-order valence-corrected chi connectivity index (χ0v) is 16.2. The van der Waals surface area contributed by atoms with Crippen molar-refractivity contribution < 1.29 is 23.1 Å². The number of benzene rings is 2. The Morgan fingerprint density at radius 2 is 1.90 bits per heavy atom. The highest BCUT2D eigenvalue weighted by Crippen LogP contribution is 2.41. The summed E-state index contributed by atoms with van der Waals surface area (Å²) in [5, 5.41) is 12.4. The zero-order valence-electron chi connectivity index (χ0n) is 15.4. The zero-order chi connectivity index (χ0) is 20.7. The van der Waals surface area contributed by atoms with Gasteiger partial charge >= 0.3 is 0 Å². The molecule has 1 heterocycles. The number of hydrogen-bond donors (Lipinski definition) is 2. The number of nitrogens with zero attached hydrogens (tertiary/aromatic N) is 1. The van der Waals surface area contributed by atoms with Crippen molar-refractivity contribution in [2.45, 2.75) is 25.8 Å². The van der Waals surface area contributed by atoms with Crippen molar-refractivity contribution in [2.75, 3.05) is 0 Å². The van der Waals surface area contributed by atoms with E-state index in [9.17, 15) is 23.1 Å². The maximum Gasteiger partial charge on any atom is 0.263 e. The van der Waals surface area contributed by atoms with Crippen LogP contribution in [0.25, 0.3) is 10.6 Å². The summed E-state index contributed by atoms with van der Waals surface area (Å²) in [4.78, 5) is 17.3. The van der Waals surface area contributed by atoms with E-state index in [1.165, 1.54) is 0 Å². The van der Waals surface area contributed by atoms with E-state index < -0.39 is 28.8 Å². The molecule has 4 nitrogen and oxygen atoms in total. The Hall–Kier alpha value is -2.87. The smallest absolute Gasteiger partial charge is 0.263 e. The number of carbonyl (C=O) groups is 1. The predicted molar refractivity (Wildman–Crippen MR) is 103 cm³/mol. The van der Waals surface area contributed by atoms with E-state index in [4.69, 9.17) is 0 Å². The number of amides is 1. The van der Waals surface area contributed by atoms with E-state index >= 15 is 0 Å². The van der Waals surface area contributed by atoms with Gasteiger partial charge in [-0.3, -0.25) is 4.79 Å². The van der Waals surface area contributed by atoms with Crippen LogP contribution < -0.4 is 5.32 Å². The first-order valence-corrected chi connectivity index (χ1v) is 9.88. The molecule has 1 unspecified atom stereocenters. The van der Waals surface area contributed by atoms with Gasteiger partial charge in [0.25, 0.3) is 5.91 Å². The lowest BCUT2D eigenvalue weighted by Crippen LogP contribution is -2.29. The second kappa shape index (κ2) is 7.51. The molecule has 1 atom stereocenters. The van der Waals surface area contributed by atoms with E-state index in [-0.39, 0.29) is 21.8 Å². The van der Waals surface area contributed by atoms with E-state index in [0.29, 0.717) is 17.7 Å². The van der Waals surface area contributed by atoms with E-state index in [0.717, 1.165) is 29.7 Å². The van der Waals surface area contributed by atoms with Gasteiger partial charge in [-0.25, -0.2) is 13.8 Å². The van der Waals surface area contributed by atoms with Gasteiger partial charge in [0.1, 0.15) is 9.88 Å². The van der Waals surface area contributed by atoms with Crippen LogP contribution in [0.2, 0.25) is 0 Å². The largest absolute Gasteiger partial charge is 0.503 e. The van der Waals surface area contributed by atoms with Crippen LogP contribution in [-0.2, 0) is 0 Å². The van der Waals surface area contributed by atoms with Gasteiger partial charge in [0.05, 0.1) is 17.3 Å². The highest BCUT2D eigenvalue weighted by Gasteiger charge is 2.34. The van der Waals surface area contributed by atoms with E-state index in [1.54, 1.807) is 6.92 Å². The van der Waals surface area contributed by atoms with Gasteiger partial charge in [-0.05, 0) is 37.3 Å². The number of halogens is 3. The molecule has 0 saturated heterocycles. The van der Waals surface area contributed by atoms with Crippen LogP contribution in [-0.4, -0.2) is 16.0 Å². The Kier molecular flexibility index (Phi) is 5.04. The summed E-state index contributed by atoms with van der Waals surface area (Å²) in [6.07, 6.45) is 2.04. The molecule has 0 aliphatic heterocycles. The van der Waals surface area contributed by atoms with Crippen molar-refractivity contribution >= 4 is 17.2 Å². The topological polar surface area (TPSA) is 62.2 Å². The van der Waals surface area contributed by atoms with Crippen molar-refractivity contribution in [1.82, 2.24) is 10.3 Å². The van der Waals surface area contributed by atoms with Crippen LogP contribution in [0.3, 0.4) is 0 Å². The Bertz CT molecular complexity index is 1080. The molecule has 1 fully saturated rings. The van der Waals surface area contributed by atoms with Crippen LogP contribution >= 0.6 is 11.3 Å². The number of rotatable bonds is 5. The normalized spacial score (nSPS) is 14.6. The molecule has 29 heavy (non-hydrogen) atoms. The molecular weight excluding hydrogens is 401 g/mol. The first-order chi connectivity index (χ1) is 13.9. The Labute approximate surface area is 169 Å². The van der Waals surface area contributed by atoms with Crippen molar-refractivity contribution in [2.24, 2.45) is 5.92 Å². The van der Waals surface area contributed by atoms with Crippen LogP contribution in [0.5, 0.6) is 5.75 Å². The molecule has 2 N–H and O–H groups in total. The molecule has 150 valence electrons. The average molecular weight is 418 g/mol. The van der Waals surface area contributed by atoms with E-state index in [1.807, 2.05) is 30.3 Å². The number of nitrogens with one attached hydrogen (secondary N) is 1. The summed E-state index contributed by atoms with van der Waals surface area (Å²) < 4.78 is 41.2. The molecule has 4 rings (SSSR count). The lowest BCUT2D eigenvalue weighted by molar-refractivity contribution is 0.0935.